The van der Waals surface area contributed by atoms with Crippen LogP contribution in [0.15, 0.2) is 22.7 Å². The van der Waals surface area contributed by atoms with Crippen LogP contribution in [0.2, 0.25) is 0 Å². The number of likely N-dealkylation sites (N-methyl/N-ethyl adjacent to an activating group) is 1. The fourth-order valence-electron chi connectivity index (χ4n) is 2.18. The minimum atomic E-state index is 0.207. The summed E-state index contributed by atoms with van der Waals surface area (Å²) in [5.74, 6) is 0.921. The van der Waals surface area contributed by atoms with Crippen LogP contribution in [0.25, 0.3) is 0 Å². The maximum absolute atomic E-state index is 5.51. The average Bonchev–Trinajstić information content (AvgIpc) is 2.39. The summed E-state index contributed by atoms with van der Waals surface area (Å²) in [7, 11) is 5.43. The van der Waals surface area contributed by atoms with E-state index in [1.807, 2.05) is 19.2 Å². The summed E-state index contributed by atoms with van der Waals surface area (Å²) in [4.78, 5) is 0. The lowest BCUT2D eigenvalue weighted by atomic mass is 9.99. The van der Waals surface area contributed by atoms with Crippen LogP contribution in [-0.2, 0) is 11.2 Å². The molecule has 0 aromatic heterocycles. The Hall–Kier alpha value is -0.580. The lowest BCUT2D eigenvalue weighted by Gasteiger charge is -2.25. The van der Waals surface area contributed by atoms with Crippen molar-refractivity contribution in [1.82, 2.24) is 5.32 Å². The van der Waals surface area contributed by atoms with Crippen molar-refractivity contribution in [2.75, 3.05) is 21.3 Å². The second-order valence-corrected chi connectivity index (χ2v) is 5.15. The van der Waals surface area contributed by atoms with Crippen LogP contribution < -0.4 is 10.1 Å². The van der Waals surface area contributed by atoms with Gasteiger partial charge in [0.2, 0.25) is 0 Å². The molecular formula is C14H22BrNO2. The Morgan fingerprint density at radius 2 is 2.06 bits per heavy atom. The van der Waals surface area contributed by atoms with Crippen molar-refractivity contribution in [1.29, 1.82) is 0 Å². The van der Waals surface area contributed by atoms with E-state index in [-0.39, 0.29) is 12.1 Å². The largest absolute Gasteiger partial charge is 0.496 e. The van der Waals surface area contributed by atoms with E-state index in [1.54, 1.807) is 14.2 Å². The molecule has 0 aliphatic heterocycles. The number of benzene rings is 1. The van der Waals surface area contributed by atoms with Crippen molar-refractivity contribution in [2.24, 2.45) is 0 Å². The highest BCUT2D eigenvalue weighted by Crippen LogP contribution is 2.25. The zero-order valence-corrected chi connectivity index (χ0v) is 13.1. The molecule has 1 aromatic carbocycles. The predicted molar refractivity (Wildman–Crippen MR) is 78.3 cm³/mol. The molecule has 0 saturated carbocycles. The molecule has 0 heterocycles. The molecule has 4 heteroatoms. The Labute approximate surface area is 118 Å². The fourth-order valence-corrected chi connectivity index (χ4v) is 2.59. The van der Waals surface area contributed by atoms with Gasteiger partial charge in [0.25, 0.3) is 0 Å². The number of hydrogen-bond acceptors (Lipinski definition) is 3. The van der Waals surface area contributed by atoms with Gasteiger partial charge in [0.1, 0.15) is 5.75 Å². The number of methoxy groups -OCH3 is 2. The quantitative estimate of drug-likeness (QED) is 0.839. The first-order chi connectivity index (χ1) is 8.65. The first-order valence-corrected chi connectivity index (χ1v) is 6.98. The molecule has 0 bridgehead atoms. The summed E-state index contributed by atoms with van der Waals surface area (Å²) in [6.45, 7) is 2.14. The van der Waals surface area contributed by atoms with E-state index in [9.17, 15) is 0 Å². The third-order valence-electron chi connectivity index (χ3n) is 3.21. The Bertz CT molecular complexity index is 367. The Morgan fingerprint density at radius 1 is 1.33 bits per heavy atom. The van der Waals surface area contributed by atoms with Gasteiger partial charge in [0, 0.05) is 17.6 Å². The number of halogens is 1. The summed E-state index contributed by atoms with van der Waals surface area (Å²) in [6.07, 6.45) is 2.07. The second-order valence-electron chi connectivity index (χ2n) is 4.24. The van der Waals surface area contributed by atoms with Crippen molar-refractivity contribution in [3.05, 3.63) is 28.2 Å². The van der Waals surface area contributed by atoms with Crippen molar-refractivity contribution in [3.8, 4) is 5.75 Å². The molecule has 2 atom stereocenters. The van der Waals surface area contributed by atoms with E-state index in [2.05, 4.69) is 34.2 Å². The summed E-state index contributed by atoms with van der Waals surface area (Å²) in [6, 6.07) is 6.36. The lowest BCUT2D eigenvalue weighted by molar-refractivity contribution is 0.0676. The lowest BCUT2D eigenvalue weighted by Crippen LogP contribution is -2.40. The van der Waals surface area contributed by atoms with Crippen molar-refractivity contribution >= 4 is 15.9 Å². The van der Waals surface area contributed by atoms with Gasteiger partial charge in [0.05, 0.1) is 13.2 Å². The molecular weight excluding hydrogens is 294 g/mol. The summed E-state index contributed by atoms with van der Waals surface area (Å²) < 4.78 is 12.0. The standard InChI is InChI=1S/C14H22BrNO2/c1-5-13(17-3)12(16-2)9-10-8-11(15)6-7-14(10)18-4/h6-8,12-13,16H,5,9H2,1-4H3. The Balaban J connectivity index is 2.89. The van der Waals surface area contributed by atoms with Gasteiger partial charge in [-0.3, -0.25) is 0 Å². The second kappa shape index (κ2) is 7.77. The summed E-state index contributed by atoms with van der Waals surface area (Å²) >= 11 is 3.50. The molecule has 1 rings (SSSR count). The highest BCUT2D eigenvalue weighted by Gasteiger charge is 2.19. The molecule has 2 unspecified atom stereocenters. The van der Waals surface area contributed by atoms with Crippen LogP contribution in [-0.4, -0.2) is 33.4 Å². The third-order valence-corrected chi connectivity index (χ3v) is 3.70. The maximum Gasteiger partial charge on any atom is 0.122 e. The average molecular weight is 316 g/mol. The minimum Gasteiger partial charge on any atom is -0.496 e. The Kier molecular flexibility index (Phi) is 6.68. The van der Waals surface area contributed by atoms with Crippen LogP contribution in [0.3, 0.4) is 0 Å². The van der Waals surface area contributed by atoms with Gasteiger partial charge in [-0.25, -0.2) is 0 Å². The van der Waals surface area contributed by atoms with Gasteiger partial charge in [-0.1, -0.05) is 22.9 Å². The van der Waals surface area contributed by atoms with Gasteiger partial charge in [-0.05, 0) is 43.7 Å². The van der Waals surface area contributed by atoms with Gasteiger partial charge in [-0.15, -0.1) is 0 Å². The molecule has 18 heavy (non-hydrogen) atoms. The fraction of sp³-hybridized carbons (Fsp3) is 0.571. The van der Waals surface area contributed by atoms with Crippen molar-refractivity contribution in [2.45, 2.75) is 31.9 Å². The first-order valence-electron chi connectivity index (χ1n) is 6.18. The summed E-state index contributed by atoms with van der Waals surface area (Å²) in [5.41, 5.74) is 1.18. The van der Waals surface area contributed by atoms with E-state index in [0.717, 1.165) is 23.1 Å². The number of hydrogen-bond donors (Lipinski definition) is 1. The van der Waals surface area contributed by atoms with Gasteiger partial charge in [-0.2, -0.15) is 0 Å². The molecule has 0 amide bonds. The highest BCUT2D eigenvalue weighted by molar-refractivity contribution is 9.10. The number of nitrogens with one attached hydrogen (secondary N) is 1. The van der Waals surface area contributed by atoms with Crippen LogP contribution in [0, 0.1) is 0 Å². The molecule has 0 aliphatic rings. The number of rotatable bonds is 7. The molecule has 3 nitrogen and oxygen atoms in total. The molecule has 0 aliphatic carbocycles. The SMILES string of the molecule is CCC(OC)C(Cc1cc(Br)ccc1OC)NC. The topological polar surface area (TPSA) is 30.5 Å². The molecule has 1 N–H and O–H groups in total. The molecule has 102 valence electrons. The normalized spacial score (nSPS) is 14.3. The molecule has 1 aromatic rings. The van der Waals surface area contributed by atoms with Crippen LogP contribution in [0.1, 0.15) is 18.9 Å². The smallest absolute Gasteiger partial charge is 0.122 e. The van der Waals surface area contributed by atoms with Crippen molar-refractivity contribution < 1.29 is 9.47 Å². The van der Waals surface area contributed by atoms with Crippen LogP contribution >= 0.6 is 15.9 Å². The Morgan fingerprint density at radius 3 is 2.56 bits per heavy atom. The molecule has 0 fully saturated rings. The van der Waals surface area contributed by atoms with E-state index in [4.69, 9.17) is 9.47 Å². The highest BCUT2D eigenvalue weighted by atomic mass is 79.9. The zero-order valence-electron chi connectivity index (χ0n) is 11.5. The van der Waals surface area contributed by atoms with E-state index in [1.165, 1.54) is 5.56 Å². The first kappa shape index (κ1) is 15.5. The summed E-state index contributed by atoms with van der Waals surface area (Å²) in [5, 5.41) is 3.33. The van der Waals surface area contributed by atoms with E-state index >= 15 is 0 Å². The molecule has 0 radical (unpaired) electrons. The zero-order chi connectivity index (χ0) is 13.5. The third kappa shape index (κ3) is 3.97. The van der Waals surface area contributed by atoms with Crippen LogP contribution in [0.4, 0.5) is 0 Å². The van der Waals surface area contributed by atoms with Gasteiger partial charge < -0.3 is 14.8 Å². The van der Waals surface area contributed by atoms with Crippen molar-refractivity contribution in [3.63, 3.8) is 0 Å². The van der Waals surface area contributed by atoms with E-state index < -0.39 is 0 Å². The van der Waals surface area contributed by atoms with E-state index in [0.29, 0.717) is 0 Å². The predicted octanol–water partition coefficient (Wildman–Crippen LogP) is 3.01. The monoisotopic (exact) mass is 315 g/mol. The minimum absolute atomic E-state index is 0.207. The van der Waals surface area contributed by atoms with Gasteiger partial charge >= 0.3 is 0 Å². The van der Waals surface area contributed by atoms with Gasteiger partial charge in [0.15, 0.2) is 0 Å². The molecule has 0 spiro atoms. The molecule has 0 saturated heterocycles. The maximum atomic E-state index is 5.51. The van der Waals surface area contributed by atoms with Crippen LogP contribution in [0.5, 0.6) is 5.75 Å². The number of ether oxygens (including phenoxy) is 2.